The number of halogens is 1. The predicted molar refractivity (Wildman–Crippen MR) is 88.6 cm³/mol. The van der Waals surface area contributed by atoms with Gasteiger partial charge in [0.05, 0.1) is 5.71 Å². The molecule has 5 nitrogen and oxygen atoms in total. The number of hydrogen-bond donors (Lipinski definition) is 1. The fourth-order valence-electron chi connectivity index (χ4n) is 2.10. The molecule has 0 aromatic heterocycles. The number of fused-ring (bicyclic) bond motifs is 1. The molecule has 122 valence electrons. The van der Waals surface area contributed by atoms with Crippen LogP contribution >= 0.6 is 0 Å². The van der Waals surface area contributed by atoms with Crippen LogP contribution in [0.15, 0.2) is 53.6 Å². The minimum atomic E-state index is -0.467. The molecule has 0 spiro atoms. The van der Waals surface area contributed by atoms with Crippen molar-refractivity contribution in [2.24, 2.45) is 5.10 Å². The number of ether oxygens (including phenoxy) is 2. The van der Waals surface area contributed by atoms with Gasteiger partial charge in [-0.15, -0.1) is 0 Å². The Morgan fingerprint density at radius 1 is 1.21 bits per heavy atom. The van der Waals surface area contributed by atoms with Crippen LogP contribution in [0.2, 0.25) is 0 Å². The maximum Gasteiger partial charge on any atom is 0.271 e. The van der Waals surface area contributed by atoms with Crippen LogP contribution in [0.4, 0.5) is 4.39 Å². The monoisotopic (exact) mass is 326 g/mol. The zero-order valence-corrected chi connectivity index (χ0v) is 13.0. The number of nitrogens with zero attached hydrogens (tertiary/aromatic N) is 1. The topological polar surface area (TPSA) is 59.9 Å². The van der Waals surface area contributed by atoms with Gasteiger partial charge in [-0.1, -0.05) is 18.2 Å². The first-order valence-corrected chi connectivity index (χ1v) is 7.30. The maximum atomic E-state index is 13.1. The van der Waals surface area contributed by atoms with E-state index in [1.165, 1.54) is 18.2 Å². The van der Waals surface area contributed by atoms with Gasteiger partial charge >= 0.3 is 0 Å². The van der Waals surface area contributed by atoms with Gasteiger partial charge in [0, 0.05) is 5.56 Å². The number of rotatable bonds is 4. The molecule has 0 radical (unpaired) electrons. The third-order valence-electron chi connectivity index (χ3n) is 3.33. The van der Waals surface area contributed by atoms with Crippen molar-refractivity contribution in [2.45, 2.75) is 6.92 Å². The Morgan fingerprint density at radius 3 is 2.88 bits per heavy atom. The van der Waals surface area contributed by atoms with Crippen molar-refractivity contribution in [3.8, 4) is 11.5 Å². The highest BCUT2D eigenvalue weighted by molar-refractivity contribution is 5.99. The second-order valence-electron chi connectivity index (χ2n) is 5.15. The predicted octanol–water partition coefficient (Wildman–Crippen LogP) is 3.37. The Hall–Kier alpha value is -3.15. The van der Waals surface area contributed by atoms with Crippen LogP contribution in [0.1, 0.15) is 22.8 Å². The Labute approximate surface area is 138 Å². The van der Waals surface area contributed by atoms with Gasteiger partial charge in [-0.3, -0.25) is 4.79 Å². The molecule has 0 saturated heterocycles. The SMILES string of the molecule is CC(C=Cc1ccc2c(c1)OCO2)=NNC(=O)c1cccc(F)c1. The molecule has 6 heteroatoms. The Morgan fingerprint density at radius 2 is 2.04 bits per heavy atom. The summed E-state index contributed by atoms with van der Waals surface area (Å²) >= 11 is 0. The first kappa shape index (κ1) is 15.7. The van der Waals surface area contributed by atoms with E-state index in [0.29, 0.717) is 11.5 Å². The molecule has 2 aromatic rings. The van der Waals surface area contributed by atoms with E-state index in [1.807, 2.05) is 24.3 Å². The molecule has 3 rings (SSSR count). The standard InChI is InChI=1S/C18H15FN2O3/c1-12(20-21-18(22)14-3-2-4-15(19)10-14)5-6-13-7-8-16-17(9-13)24-11-23-16/h2-10H,11H2,1H3,(H,21,22). The largest absolute Gasteiger partial charge is 0.454 e. The molecule has 0 bridgehead atoms. The molecule has 2 aromatic carbocycles. The molecular formula is C18H15FN2O3. The van der Waals surface area contributed by atoms with Gasteiger partial charge in [0.1, 0.15) is 5.82 Å². The second-order valence-corrected chi connectivity index (χ2v) is 5.15. The molecular weight excluding hydrogens is 311 g/mol. The van der Waals surface area contributed by atoms with E-state index in [4.69, 9.17) is 9.47 Å². The van der Waals surface area contributed by atoms with Crippen LogP contribution in [-0.2, 0) is 0 Å². The van der Waals surface area contributed by atoms with Gasteiger partial charge in [-0.2, -0.15) is 5.10 Å². The summed E-state index contributed by atoms with van der Waals surface area (Å²) in [5.74, 6) is 0.488. The Balaban J connectivity index is 1.62. The van der Waals surface area contributed by atoms with E-state index in [1.54, 1.807) is 13.0 Å². The third-order valence-corrected chi connectivity index (χ3v) is 3.33. The van der Waals surface area contributed by atoms with Crippen molar-refractivity contribution in [3.05, 3.63) is 65.5 Å². The normalized spacial score (nSPS) is 13.3. The van der Waals surface area contributed by atoms with Crippen LogP contribution in [0.5, 0.6) is 11.5 Å². The zero-order chi connectivity index (χ0) is 16.9. The molecule has 0 fully saturated rings. The molecule has 0 unspecified atom stereocenters. The quantitative estimate of drug-likeness (QED) is 0.692. The average Bonchev–Trinajstić information content (AvgIpc) is 3.05. The summed E-state index contributed by atoms with van der Waals surface area (Å²) < 4.78 is 23.6. The van der Waals surface area contributed by atoms with Crippen molar-refractivity contribution in [3.63, 3.8) is 0 Å². The minimum absolute atomic E-state index is 0.214. The van der Waals surface area contributed by atoms with Crippen LogP contribution in [0.3, 0.4) is 0 Å². The molecule has 24 heavy (non-hydrogen) atoms. The van der Waals surface area contributed by atoms with Crippen LogP contribution in [-0.4, -0.2) is 18.4 Å². The van der Waals surface area contributed by atoms with E-state index in [9.17, 15) is 9.18 Å². The molecule has 1 amide bonds. The van der Waals surface area contributed by atoms with Crippen LogP contribution in [0, 0.1) is 5.82 Å². The van der Waals surface area contributed by atoms with Gasteiger partial charge < -0.3 is 9.47 Å². The highest BCUT2D eigenvalue weighted by atomic mass is 19.1. The highest BCUT2D eigenvalue weighted by Crippen LogP contribution is 2.32. The summed E-state index contributed by atoms with van der Waals surface area (Å²) in [5.41, 5.74) is 4.12. The Bertz CT molecular complexity index is 831. The van der Waals surface area contributed by atoms with Gasteiger partial charge in [-0.05, 0) is 48.9 Å². The Kier molecular flexibility index (Phi) is 4.56. The van der Waals surface area contributed by atoms with Gasteiger partial charge in [0.2, 0.25) is 6.79 Å². The molecule has 1 N–H and O–H groups in total. The van der Waals surface area contributed by atoms with Gasteiger partial charge in [0.15, 0.2) is 11.5 Å². The first-order valence-electron chi connectivity index (χ1n) is 7.30. The lowest BCUT2D eigenvalue weighted by Crippen LogP contribution is -2.18. The highest BCUT2D eigenvalue weighted by Gasteiger charge is 2.12. The molecule has 1 aliphatic heterocycles. The summed E-state index contributed by atoms with van der Waals surface area (Å²) in [6.07, 6.45) is 3.60. The first-order chi connectivity index (χ1) is 11.6. The van der Waals surface area contributed by atoms with Crippen LogP contribution in [0.25, 0.3) is 6.08 Å². The molecule has 0 saturated carbocycles. The average molecular weight is 326 g/mol. The lowest BCUT2D eigenvalue weighted by atomic mass is 10.2. The van der Waals surface area contributed by atoms with E-state index < -0.39 is 11.7 Å². The van der Waals surface area contributed by atoms with Crippen molar-refractivity contribution >= 4 is 17.7 Å². The number of amides is 1. The fraction of sp³-hybridized carbons (Fsp3) is 0.111. The summed E-state index contributed by atoms with van der Waals surface area (Å²) in [7, 11) is 0. The number of hydrazone groups is 1. The second kappa shape index (κ2) is 6.95. The smallest absolute Gasteiger partial charge is 0.271 e. The lowest BCUT2D eigenvalue weighted by Gasteiger charge is -2.01. The summed E-state index contributed by atoms with van der Waals surface area (Å²) in [6.45, 7) is 1.98. The van der Waals surface area contributed by atoms with Gasteiger partial charge in [0.25, 0.3) is 5.91 Å². The number of hydrogen-bond acceptors (Lipinski definition) is 4. The molecule has 1 aliphatic rings. The number of carbonyl (C=O) groups excluding carboxylic acids is 1. The summed E-state index contributed by atoms with van der Waals surface area (Å²) in [6, 6.07) is 11.0. The van der Waals surface area contributed by atoms with E-state index in [-0.39, 0.29) is 12.4 Å². The molecule has 1 heterocycles. The van der Waals surface area contributed by atoms with E-state index >= 15 is 0 Å². The number of benzene rings is 2. The van der Waals surface area contributed by atoms with E-state index in [2.05, 4.69) is 10.5 Å². The number of carbonyl (C=O) groups is 1. The van der Waals surface area contributed by atoms with Crippen molar-refractivity contribution in [1.29, 1.82) is 0 Å². The van der Waals surface area contributed by atoms with Crippen molar-refractivity contribution in [2.75, 3.05) is 6.79 Å². The fourth-order valence-corrected chi connectivity index (χ4v) is 2.10. The van der Waals surface area contributed by atoms with Crippen molar-refractivity contribution in [1.82, 2.24) is 5.43 Å². The zero-order valence-electron chi connectivity index (χ0n) is 13.0. The minimum Gasteiger partial charge on any atom is -0.454 e. The van der Waals surface area contributed by atoms with E-state index in [0.717, 1.165) is 17.4 Å². The molecule has 0 aliphatic carbocycles. The lowest BCUT2D eigenvalue weighted by molar-refractivity contribution is 0.0954. The summed E-state index contributed by atoms with van der Waals surface area (Å²) in [5, 5.41) is 3.97. The van der Waals surface area contributed by atoms with Crippen LogP contribution < -0.4 is 14.9 Å². The van der Waals surface area contributed by atoms with Crippen molar-refractivity contribution < 1.29 is 18.7 Å². The number of nitrogens with one attached hydrogen (secondary N) is 1. The third kappa shape index (κ3) is 3.78. The number of allylic oxidation sites excluding steroid dienone is 1. The molecule has 0 atom stereocenters. The summed E-state index contributed by atoms with van der Waals surface area (Å²) in [4.78, 5) is 11.9. The maximum absolute atomic E-state index is 13.1. The van der Waals surface area contributed by atoms with Gasteiger partial charge in [-0.25, -0.2) is 9.82 Å².